The number of aromatic hydroxyl groups is 1. The quantitative estimate of drug-likeness (QED) is 0.385. The average Bonchev–Trinajstić information content (AvgIpc) is 2.07. The number of hydrogen-bond acceptors (Lipinski definition) is 4. The third-order valence-electron chi connectivity index (χ3n) is 1.65. The molecule has 0 saturated carbocycles. The van der Waals surface area contributed by atoms with Gasteiger partial charge >= 0.3 is 5.97 Å². The number of benzene rings is 1. The van der Waals surface area contributed by atoms with Crippen molar-refractivity contribution in [3.05, 3.63) is 29.0 Å². The van der Waals surface area contributed by atoms with Gasteiger partial charge in [-0.1, -0.05) is 6.07 Å². The van der Waals surface area contributed by atoms with Crippen molar-refractivity contribution in [3.63, 3.8) is 0 Å². The maximum Gasteiger partial charge on any atom is 0.307 e. The van der Waals surface area contributed by atoms with Crippen LogP contribution in [0.15, 0.2) is 18.2 Å². The van der Waals surface area contributed by atoms with Gasteiger partial charge < -0.3 is 15.4 Å². The van der Waals surface area contributed by atoms with Crippen LogP contribution in [0.2, 0.25) is 0 Å². The molecule has 0 aliphatic heterocycles. The van der Waals surface area contributed by atoms with Gasteiger partial charge in [-0.3, -0.25) is 4.79 Å². The van der Waals surface area contributed by atoms with E-state index in [1.165, 1.54) is 12.1 Å². The van der Waals surface area contributed by atoms with Crippen LogP contribution in [0.1, 0.15) is 5.56 Å². The van der Waals surface area contributed by atoms with Crippen molar-refractivity contribution in [2.24, 2.45) is 0 Å². The maximum absolute atomic E-state index is 10.6. The first kappa shape index (κ1) is 10.5. The largest absolute Gasteiger partial charge is 0.595 e. The highest BCUT2D eigenvalue weighted by molar-refractivity contribution is 5.70. The first-order chi connectivity index (χ1) is 6.50. The van der Waals surface area contributed by atoms with Crippen LogP contribution >= 0.6 is 0 Å². The molecule has 0 spiro atoms. The molecule has 1 atom stereocenters. The number of quaternary nitrogens is 1. The summed E-state index contributed by atoms with van der Waals surface area (Å²) in [6.07, 6.45) is -0.263. The predicted molar refractivity (Wildman–Crippen MR) is 45.2 cm³/mol. The summed E-state index contributed by atoms with van der Waals surface area (Å²) in [7, 11) is 0. The average molecular weight is 199 g/mol. The van der Waals surface area contributed by atoms with E-state index in [0.717, 1.165) is 6.07 Å². The summed E-state index contributed by atoms with van der Waals surface area (Å²) in [6.45, 7) is 0. The molecular formula is C8H9NO5. The summed E-state index contributed by atoms with van der Waals surface area (Å²) in [5, 5.41) is 35.5. The number of hydrogen-bond donors (Lipinski definition) is 4. The number of carboxylic acid groups (broad SMARTS) is 1. The molecule has 0 bridgehead atoms. The molecule has 0 heterocycles. The molecule has 0 fully saturated rings. The number of carbonyl (C=O) groups is 1. The fraction of sp³-hybridized carbons (Fsp3) is 0.125. The van der Waals surface area contributed by atoms with Crippen LogP contribution < -0.4 is 5.23 Å². The Kier molecular flexibility index (Phi) is 3.03. The molecule has 0 aliphatic carbocycles. The van der Waals surface area contributed by atoms with E-state index in [4.69, 9.17) is 15.4 Å². The zero-order valence-corrected chi connectivity index (χ0v) is 7.10. The zero-order valence-electron chi connectivity index (χ0n) is 7.10. The minimum atomic E-state index is -1.28. The van der Waals surface area contributed by atoms with Crippen molar-refractivity contribution in [1.82, 2.24) is 0 Å². The Morgan fingerprint density at radius 3 is 2.64 bits per heavy atom. The summed E-state index contributed by atoms with van der Waals surface area (Å²) in [5.41, 5.74) is 0.0523. The van der Waals surface area contributed by atoms with Crippen molar-refractivity contribution >= 4 is 11.7 Å². The Hall–Kier alpha value is -1.63. The number of phenols is 1. The third-order valence-corrected chi connectivity index (χ3v) is 1.65. The third kappa shape index (κ3) is 2.43. The molecule has 0 aromatic heterocycles. The molecule has 6 heteroatoms. The van der Waals surface area contributed by atoms with E-state index >= 15 is 0 Å². The van der Waals surface area contributed by atoms with Gasteiger partial charge in [-0.25, -0.2) is 5.21 Å². The van der Waals surface area contributed by atoms with E-state index < -0.39 is 11.2 Å². The fourth-order valence-corrected chi connectivity index (χ4v) is 1.04. The lowest BCUT2D eigenvalue weighted by Crippen LogP contribution is -2.99. The van der Waals surface area contributed by atoms with Gasteiger partial charge in [0.25, 0.3) is 0 Å². The van der Waals surface area contributed by atoms with E-state index in [0.29, 0.717) is 5.56 Å². The molecule has 4 N–H and O–H groups in total. The minimum absolute atomic E-state index is 0.263. The first-order valence-corrected chi connectivity index (χ1v) is 3.77. The summed E-state index contributed by atoms with van der Waals surface area (Å²) >= 11 is 0. The van der Waals surface area contributed by atoms with E-state index in [1.807, 2.05) is 0 Å². The Morgan fingerprint density at radius 2 is 2.14 bits per heavy atom. The smallest absolute Gasteiger partial charge is 0.307 e. The van der Waals surface area contributed by atoms with E-state index in [2.05, 4.69) is 0 Å². The minimum Gasteiger partial charge on any atom is -0.595 e. The van der Waals surface area contributed by atoms with Crippen LogP contribution in [0.4, 0.5) is 5.69 Å². The van der Waals surface area contributed by atoms with Gasteiger partial charge in [-0.2, -0.15) is 5.23 Å². The van der Waals surface area contributed by atoms with Crippen molar-refractivity contribution in [3.8, 4) is 5.75 Å². The summed E-state index contributed by atoms with van der Waals surface area (Å²) < 4.78 is 0. The molecule has 14 heavy (non-hydrogen) atoms. The first-order valence-electron chi connectivity index (χ1n) is 3.77. The van der Waals surface area contributed by atoms with E-state index in [-0.39, 0.29) is 17.9 Å². The topological polar surface area (TPSA) is 105 Å². The second kappa shape index (κ2) is 4.05. The molecule has 0 saturated heterocycles. The number of nitrogens with one attached hydrogen (secondary N) is 1. The molecule has 1 aromatic rings. The van der Waals surface area contributed by atoms with Crippen LogP contribution in [-0.2, 0) is 11.2 Å². The van der Waals surface area contributed by atoms with E-state index in [1.54, 1.807) is 0 Å². The fourth-order valence-electron chi connectivity index (χ4n) is 1.04. The Balaban J connectivity index is 3.00. The van der Waals surface area contributed by atoms with Gasteiger partial charge in [-0.15, -0.1) is 0 Å². The Morgan fingerprint density at radius 1 is 1.50 bits per heavy atom. The standard InChI is InChI=1S/C8H9NO5/c10-7-2-1-5(4-8(11)12)3-6(7)9(13)14/h1-3,9-10,13H,4H2,(H,11,12). The molecule has 1 aromatic carbocycles. The summed E-state index contributed by atoms with van der Waals surface area (Å²) in [4.78, 5) is 10.3. The van der Waals surface area contributed by atoms with Crippen LogP contribution in [0, 0.1) is 5.21 Å². The Bertz CT molecular complexity index is 350. The van der Waals surface area contributed by atoms with Gasteiger partial charge in [-0.05, 0) is 11.6 Å². The van der Waals surface area contributed by atoms with Crippen molar-refractivity contribution in [2.75, 3.05) is 0 Å². The van der Waals surface area contributed by atoms with E-state index in [9.17, 15) is 10.0 Å². The molecule has 0 aliphatic rings. The number of carboxylic acids is 1. The second-order valence-corrected chi connectivity index (χ2v) is 2.73. The van der Waals surface area contributed by atoms with Crippen LogP contribution in [0.25, 0.3) is 0 Å². The van der Waals surface area contributed by atoms with Crippen molar-refractivity contribution < 1.29 is 25.4 Å². The summed E-state index contributed by atoms with van der Waals surface area (Å²) in [5.74, 6) is -1.42. The van der Waals surface area contributed by atoms with Crippen molar-refractivity contribution in [2.45, 2.75) is 6.42 Å². The highest BCUT2D eigenvalue weighted by Gasteiger charge is 2.10. The number of aliphatic carboxylic acids is 1. The molecule has 1 unspecified atom stereocenters. The lowest BCUT2D eigenvalue weighted by atomic mass is 10.1. The Labute approximate surface area is 79.2 Å². The normalized spacial score (nSPS) is 12.4. The summed E-state index contributed by atoms with van der Waals surface area (Å²) in [6, 6.07) is 3.68. The van der Waals surface area contributed by atoms with Crippen LogP contribution in [-0.4, -0.2) is 21.4 Å². The lowest BCUT2D eigenvalue weighted by molar-refractivity contribution is -0.991. The highest BCUT2D eigenvalue weighted by atomic mass is 16.8. The molecular weight excluding hydrogens is 190 g/mol. The van der Waals surface area contributed by atoms with Crippen LogP contribution in [0.3, 0.4) is 0 Å². The van der Waals surface area contributed by atoms with Gasteiger partial charge in [0.2, 0.25) is 5.69 Å². The molecule has 6 nitrogen and oxygen atoms in total. The molecule has 1 rings (SSSR count). The molecule has 0 radical (unpaired) electrons. The van der Waals surface area contributed by atoms with Gasteiger partial charge in [0.1, 0.15) is 0 Å². The zero-order chi connectivity index (χ0) is 10.7. The van der Waals surface area contributed by atoms with Crippen molar-refractivity contribution in [1.29, 1.82) is 0 Å². The molecule has 76 valence electrons. The maximum atomic E-state index is 10.6. The number of rotatable bonds is 3. The van der Waals surface area contributed by atoms with Crippen LogP contribution in [0.5, 0.6) is 5.75 Å². The monoisotopic (exact) mass is 199 g/mol. The van der Waals surface area contributed by atoms with Gasteiger partial charge in [0, 0.05) is 6.07 Å². The highest BCUT2D eigenvalue weighted by Crippen LogP contribution is 2.20. The second-order valence-electron chi connectivity index (χ2n) is 2.73. The predicted octanol–water partition coefficient (Wildman–Crippen LogP) is -0.577. The lowest BCUT2D eigenvalue weighted by Gasteiger charge is -2.13. The van der Waals surface area contributed by atoms with Gasteiger partial charge in [0.15, 0.2) is 5.75 Å². The number of phenolic OH excluding ortho intramolecular Hbond substituents is 1. The van der Waals surface area contributed by atoms with Gasteiger partial charge in [0.05, 0.1) is 6.42 Å². The SMILES string of the molecule is O=C(O)Cc1ccc(O)c([NH+]([O-])O)c1. The molecule has 0 amide bonds.